The number of nitrogens with one attached hydrogen (secondary N) is 1. The van der Waals surface area contributed by atoms with Gasteiger partial charge in [-0.3, -0.25) is 10.5 Å². The smallest absolute Gasteiger partial charge is 0.305 e. The molecule has 1 aromatic rings. The van der Waals surface area contributed by atoms with Gasteiger partial charge in [0.05, 0.1) is 11.6 Å². The van der Waals surface area contributed by atoms with Crippen molar-refractivity contribution < 1.29 is 14.3 Å². The van der Waals surface area contributed by atoms with E-state index in [1.54, 1.807) is 6.92 Å². The van der Waals surface area contributed by atoms with Crippen LogP contribution in [0.1, 0.15) is 37.3 Å². The van der Waals surface area contributed by atoms with E-state index < -0.39 is 6.23 Å². The molecular weight excluding hydrogens is 316 g/mol. The Kier molecular flexibility index (Phi) is 7.15. The van der Waals surface area contributed by atoms with E-state index in [0.717, 1.165) is 31.5 Å². The molecule has 128 valence electrons. The molecule has 1 aliphatic rings. The average Bonchev–Trinajstić information content (AvgIpc) is 2.76. The molecular formula is C17H25ClN2O3. The summed E-state index contributed by atoms with van der Waals surface area (Å²) in [6.45, 7) is 4.06. The highest BCUT2D eigenvalue weighted by atomic mass is 35.5. The van der Waals surface area contributed by atoms with Crippen molar-refractivity contribution in [2.45, 2.75) is 45.3 Å². The topological polar surface area (TPSA) is 73.6 Å². The van der Waals surface area contributed by atoms with E-state index in [-0.39, 0.29) is 5.97 Å². The first-order chi connectivity index (χ1) is 11.1. The molecule has 1 aliphatic heterocycles. The molecule has 1 aromatic carbocycles. The van der Waals surface area contributed by atoms with Gasteiger partial charge in [-0.1, -0.05) is 17.7 Å². The lowest BCUT2D eigenvalue weighted by Gasteiger charge is -2.20. The fourth-order valence-corrected chi connectivity index (χ4v) is 2.95. The molecule has 1 unspecified atom stereocenters. The van der Waals surface area contributed by atoms with Crippen LogP contribution in [0.5, 0.6) is 5.75 Å². The van der Waals surface area contributed by atoms with Crippen LogP contribution in [0.25, 0.3) is 0 Å². The second-order valence-corrected chi connectivity index (χ2v) is 6.02. The van der Waals surface area contributed by atoms with E-state index >= 15 is 0 Å². The fourth-order valence-electron chi connectivity index (χ4n) is 2.73. The molecule has 0 fully saturated rings. The number of carbonyl (C=O) groups excluding carboxylic acids is 1. The highest BCUT2D eigenvalue weighted by Gasteiger charge is 2.18. The van der Waals surface area contributed by atoms with Gasteiger partial charge in [0.1, 0.15) is 12.0 Å². The summed E-state index contributed by atoms with van der Waals surface area (Å²) < 4.78 is 10.8. The summed E-state index contributed by atoms with van der Waals surface area (Å²) in [5.41, 5.74) is 8.46. The van der Waals surface area contributed by atoms with Crippen LogP contribution in [0.3, 0.4) is 0 Å². The Morgan fingerprint density at radius 3 is 2.96 bits per heavy atom. The van der Waals surface area contributed by atoms with Gasteiger partial charge in [-0.2, -0.15) is 0 Å². The molecule has 0 bridgehead atoms. The van der Waals surface area contributed by atoms with Crippen LogP contribution in [-0.2, 0) is 22.4 Å². The minimum Gasteiger partial charge on any atom is -0.474 e. The molecule has 0 aliphatic carbocycles. The monoisotopic (exact) mass is 340 g/mol. The molecule has 0 amide bonds. The average molecular weight is 341 g/mol. The van der Waals surface area contributed by atoms with Crippen molar-refractivity contribution >= 4 is 17.6 Å². The van der Waals surface area contributed by atoms with Gasteiger partial charge in [0, 0.05) is 12.0 Å². The predicted octanol–water partition coefficient (Wildman–Crippen LogP) is 2.43. The fraction of sp³-hybridized carbons (Fsp3) is 0.588. The summed E-state index contributed by atoms with van der Waals surface area (Å²) >= 11 is 6.31. The van der Waals surface area contributed by atoms with Gasteiger partial charge in [-0.15, -0.1) is 0 Å². The Morgan fingerprint density at radius 1 is 1.39 bits per heavy atom. The molecule has 1 heterocycles. The van der Waals surface area contributed by atoms with Gasteiger partial charge >= 0.3 is 5.97 Å². The SMILES string of the molecule is CCOC(=O)CCCC(N)Oc1c(Cl)ccc2c1CCNCC2. The van der Waals surface area contributed by atoms with E-state index in [0.29, 0.717) is 36.6 Å². The normalized spacial score (nSPS) is 15.4. The molecule has 6 heteroatoms. The number of hydrogen-bond acceptors (Lipinski definition) is 5. The van der Waals surface area contributed by atoms with Gasteiger partial charge in [-0.25, -0.2) is 0 Å². The van der Waals surface area contributed by atoms with Crippen LogP contribution in [0, 0.1) is 0 Å². The first-order valence-electron chi connectivity index (χ1n) is 8.20. The maximum absolute atomic E-state index is 11.3. The molecule has 0 saturated heterocycles. The molecule has 1 atom stereocenters. The van der Waals surface area contributed by atoms with Gasteiger partial charge in [0.25, 0.3) is 0 Å². The molecule has 2 rings (SSSR count). The zero-order valence-electron chi connectivity index (χ0n) is 13.6. The zero-order chi connectivity index (χ0) is 16.7. The Balaban J connectivity index is 1.95. The van der Waals surface area contributed by atoms with E-state index in [1.807, 2.05) is 6.07 Å². The Labute approximate surface area is 142 Å². The second kappa shape index (κ2) is 9.11. The zero-order valence-corrected chi connectivity index (χ0v) is 14.3. The van der Waals surface area contributed by atoms with Crippen molar-refractivity contribution in [1.29, 1.82) is 0 Å². The third-order valence-electron chi connectivity index (χ3n) is 3.88. The van der Waals surface area contributed by atoms with Crippen LogP contribution in [0.2, 0.25) is 5.02 Å². The largest absolute Gasteiger partial charge is 0.474 e. The van der Waals surface area contributed by atoms with Crippen LogP contribution in [-0.4, -0.2) is 31.9 Å². The molecule has 0 radical (unpaired) electrons. The highest BCUT2D eigenvalue weighted by molar-refractivity contribution is 6.32. The first kappa shape index (κ1) is 18.0. The summed E-state index contributed by atoms with van der Waals surface area (Å²) in [6, 6.07) is 3.93. The molecule has 23 heavy (non-hydrogen) atoms. The third kappa shape index (κ3) is 5.37. The van der Waals surface area contributed by atoms with Crippen LogP contribution < -0.4 is 15.8 Å². The number of ether oxygens (including phenoxy) is 2. The minimum absolute atomic E-state index is 0.197. The summed E-state index contributed by atoms with van der Waals surface area (Å²) in [7, 11) is 0. The number of hydrogen-bond donors (Lipinski definition) is 2. The maximum Gasteiger partial charge on any atom is 0.305 e. The Bertz CT molecular complexity index is 537. The third-order valence-corrected chi connectivity index (χ3v) is 4.17. The first-order valence-corrected chi connectivity index (χ1v) is 8.58. The van der Waals surface area contributed by atoms with Crippen LogP contribution in [0.4, 0.5) is 0 Å². The van der Waals surface area contributed by atoms with Crippen LogP contribution >= 0.6 is 11.6 Å². The molecule has 0 spiro atoms. The van der Waals surface area contributed by atoms with E-state index in [9.17, 15) is 4.79 Å². The number of esters is 1. The molecule has 0 saturated carbocycles. The van der Waals surface area contributed by atoms with Crippen LogP contribution in [0.15, 0.2) is 12.1 Å². The lowest BCUT2D eigenvalue weighted by atomic mass is 10.0. The van der Waals surface area contributed by atoms with Crippen molar-refractivity contribution in [3.05, 3.63) is 28.3 Å². The number of carbonyl (C=O) groups is 1. The summed E-state index contributed by atoms with van der Waals surface area (Å²) in [5.74, 6) is 0.494. The quantitative estimate of drug-likeness (QED) is 0.589. The van der Waals surface area contributed by atoms with Crippen molar-refractivity contribution in [3.8, 4) is 5.75 Å². The predicted molar refractivity (Wildman–Crippen MR) is 90.8 cm³/mol. The van der Waals surface area contributed by atoms with Gasteiger partial charge in [0.15, 0.2) is 0 Å². The minimum atomic E-state index is -0.482. The molecule has 3 N–H and O–H groups in total. The Hall–Kier alpha value is -1.30. The number of rotatable bonds is 7. The lowest BCUT2D eigenvalue weighted by molar-refractivity contribution is -0.143. The number of fused-ring (bicyclic) bond motifs is 1. The van der Waals surface area contributed by atoms with Crippen molar-refractivity contribution in [2.75, 3.05) is 19.7 Å². The molecule has 5 nitrogen and oxygen atoms in total. The van der Waals surface area contributed by atoms with E-state index in [2.05, 4.69) is 11.4 Å². The standard InChI is InChI=1S/C17H25ClN2O3/c1-2-22-16(21)5-3-4-15(19)23-17-13-9-11-20-10-8-12(13)6-7-14(17)18/h6-7,15,20H,2-5,8-11,19H2,1H3. The highest BCUT2D eigenvalue weighted by Crippen LogP contribution is 2.33. The van der Waals surface area contributed by atoms with Gasteiger partial charge < -0.3 is 14.8 Å². The summed E-state index contributed by atoms with van der Waals surface area (Å²) in [4.78, 5) is 11.3. The van der Waals surface area contributed by atoms with Crippen molar-refractivity contribution in [2.24, 2.45) is 5.73 Å². The van der Waals surface area contributed by atoms with Crippen molar-refractivity contribution in [1.82, 2.24) is 5.32 Å². The summed E-state index contributed by atoms with van der Waals surface area (Å²) in [6.07, 6.45) is 2.92. The number of benzene rings is 1. The summed E-state index contributed by atoms with van der Waals surface area (Å²) in [5, 5.41) is 3.96. The number of halogens is 1. The van der Waals surface area contributed by atoms with E-state index in [4.69, 9.17) is 26.8 Å². The van der Waals surface area contributed by atoms with Gasteiger partial charge in [0.2, 0.25) is 0 Å². The Morgan fingerprint density at radius 2 is 2.17 bits per heavy atom. The lowest BCUT2D eigenvalue weighted by Crippen LogP contribution is -2.28. The maximum atomic E-state index is 11.3. The van der Waals surface area contributed by atoms with E-state index in [1.165, 1.54) is 5.56 Å². The molecule has 0 aromatic heterocycles. The second-order valence-electron chi connectivity index (χ2n) is 5.62. The van der Waals surface area contributed by atoms with Gasteiger partial charge in [-0.05, 0) is 57.3 Å². The van der Waals surface area contributed by atoms with Crippen molar-refractivity contribution in [3.63, 3.8) is 0 Å². The number of nitrogens with two attached hydrogens (primary N) is 1.